The predicted molar refractivity (Wildman–Crippen MR) is 122 cm³/mol. The fourth-order valence-corrected chi connectivity index (χ4v) is 4.44. The molecule has 0 unspecified atom stereocenters. The summed E-state index contributed by atoms with van der Waals surface area (Å²) in [6, 6.07) is 25.5. The number of aliphatic hydroxyl groups is 2. The number of hydrogen-bond donors (Lipinski definition) is 2. The van der Waals surface area contributed by atoms with E-state index in [9.17, 15) is 0 Å². The quantitative estimate of drug-likeness (QED) is 0.482. The summed E-state index contributed by atoms with van der Waals surface area (Å²) in [7, 11) is 0. The summed E-state index contributed by atoms with van der Waals surface area (Å²) in [4.78, 5) is 0. The molecule has 0 fully saturated rings. The van der Waals surface area contributed by atoms with Gasteiger partial charge in [-0.15, -0.1) is 0 Å². The van der Waals surface area contributed by atoms with Crippen molar-refractivity contribution in [2.75, 3.05) is 26.4 Å². The Balaban J connectivity index is 1.62. The van der Waals surface area contributed by atoms with Gasteiger partial charge in [-0.1, -0.05) is 48.5 Å². The minimum Gasteiger partial charge on any atom is -0.494 e. The number of rotatable bonds is 10. The lowest BCUT2D eigenvalue weighted by Gasteiger charge is -2.31. The van der Waals surface area contributed by atoms with Crippen molar-refractivity contribution in [1.82, 2.24) is 0 Å². The first-order valence-corrected chi connectivity index (χ1v) is 11.0. The smallest absolute Gasteiger partial charge is 0.119 e. The van der Waals surface area contributed by atoms with Crippen molar-refractivity contribution < 1.29 is 19.7 Å². The number of aliphatic hydroxyl groups excluding tert-OH is 2. The minimum absolute atomic E-state index is 0.128. The Morgan fingerprint density at radius 2 is 1.03 bits per heavy atom. The lowest BCUT2D eigenvalue weighted by Crippen LogP contribution is -2.28. The molecule has 0 radical (unpaired) electrons. The van der Waals surface area contributed by atoms with Gasteiger partial charge in [0.2, 0.25) is 0 Å². The van der Waals surface area contributed by atoms with Crippen LogP contribution in [0.2, 0.25) is 0 Å². The third-order valence-electron chi connectivity index (χ3n) is 6.06. The van der Waals surface area contributed by atoms with Crippen molar-refractivity contribution in [3.63, 3.8) is 0 Å². The van der Waals surface area contributed by atoms with Gasteiger partial charge in [0, 0.05) is 31.5 Å². The van der Waals surface area contributed by atoms with Gasteiger partial charge in [0.25, 0.3) is 0 Å². The summed E-state index contributed by atoms with van der Waals surface area (Å²) in [5.41, 5.74) is 5.21. The van der Waals surface area contributed by atoms with Crippen LogP contribution in [-0.2, 0) is 18.3 Å². The van der Waals surface area contributed by atoms with Crippen LogP contribution in [-0.4, -0.2) is 36.6 Å². The van der Waals surface area contributed by atoms with Crippen LogP contribution >= 0.6 is 0 Å². The molecule has 0 bridgehead atoms. The van der Waals surface area contributed by atoms with E-state index >= 15 is 0 Å². The van der Waals surface area contributed by atoms with Crippen LogP contribution < -0.4 is 9.47 Å². The van der Waals surface area contributed by atoms with Crippen LogP contribution in [0.3, 0.4) is 0 Å². The number of hydrogen-bond acceptors (Lipinski definition) is 4. The van der Waals surface area contributed by atoms with Crippen LogP contribution in [0.15, 0.2) is 72.8 Å². The molecule has 3 aromatic rings. The standard InChI is InChI=1S/C27H30O4/c28-15-3-17-30-25-11-7-23(8-12-25)27(19-21-5-1-2-6-22(21)20-27)24-9-13-26(14-10-24)31-18-4-16-29/h1-2,5-14,28-29H,3-4,15-20H2. The zero-order chi connectivity index (χ0) is 21.5. The third kappa shape index (κ3) is 4.76. The summed E-state index contributed by atoms with van der Waals surface area (Å²) in [6.45, 7) is 1.31. The fourth-order valence-electron chi connectivity index (χ4n) is 4.44. The maximum Gasteiger partial charge on any atom is 0.119 e. The van der Waals surface area contributed by atoms with Crippen molar-refractivity contribution in [3.05, 3.63) is 95.1 Å². The molecule has 0 saturated heterocycles. The highest BCUT2D eigenvalue weighted by Gasteiger charge is 2.40. The summed E-state index contributed by atoms with van der Waals surface area (Å²) < 4.78 is 11.5. The Morgan fingerprint density at radius 1 is 0.613 bits per heavy atom. The lowest BCUT2D eigenvalue weighted by molar-refractivity contribution is 0.233. The molecule has 0 saturated carbocycles. The molecule has 0 amide bonds. The molecule has 4 nitrogen and oxygen atoms in total. The molecule has 0 aliphatic heterocycles. The largest absolute Gasteiger partial charge is 0.494 e. The minimum atomic E-state index is -0.128. The molecule has 31 heavy (non-hydrogen) atoms. The van der Waals surface area contributed by atoms with Crippen LogP contribution in [0, 0.1) is 0 Å². The first kappa shape index (κ1) is 21.4. The first-order chi connectivity index (χ1) is 15.2. The normalized spacial score (nSPS) is 14.3. The van der Waals surface area contributed by atoms with E-state index in [-0.39, 0.29) is 18.6 Å². The zero-order valence-electron chi connectivity index (χ0n) is 17.8. The molecule has 0 spiro atoms. The van der Waals surface area contributed by atoms with E-state index < -0.39 is 0 Å². The van der Waals surface area contributed by atoms with Crippen molar-refractivity contribution in [1.29, 1.82) is 0 Å². The number of fused-ring (bicyclic) bond motifs is 1. The van der Waals surface area contributed by atoms with Gasteiger partial charge in [-0.3, -0.25) is 0 Å². The Kier molecular flexibility index (Phi) is 6.90. The fraction of sp³-hybridized carbons (Fsp3) is 0.333. The second-order valence-corrected chi connectivity index (χ2v) is 8.10. The molecule has 4 rings (SSSR count). The van der Waals surface area contributed by atoms with E-state index in [0.29, 0.717) is 26.1 Å². The molecule has 0 aromatic heterocycles. The average molecular weight is 419 g/mol. The Labute approximate surface area is 184 Å². The van der Waals surface area contributed by atoms with Gasteiger partial charge in [0.05, 0.1) is 13.2 Å². The third-order valence-corrected chi connectivity index (χ3v) is 6.06. The van der Waals surface area contributed by atoms with E-state index in [0.717, 1.165) is 24.3 Å². The average Bonchev–Trinajstić information content (AvgIpc) is 3.21. The molecular formula is C27H30O4. The molecule has 3 aromatic carbocycles. The first-order valence-electron chi connectivity index (χ1n) is 11.0. The monoisotopic (exact) mass is 418 g/mol. The van der Waals surface area contributed by atoms with Gasteiger partial charge < -0.3 is 19.7 Å². The molecule has 1 aliphatic carbocycles. The van der Waals surface area contributed by atoms with Crippen molar-refractivity contribution >= 4 is 0 Å². The predicted octanol–water partition coefficient (Wildman–Crippen LogP) is 4.29. The molecule has 0 atom stereocenters. The lowest BCUT2D eigenvalue weighted by atomic mass is 9.72. The topological polar surface area (TPSA) is 58.9 Å². The van der Waals surface area contributed by atoms with E-state index in [2.05, 4.69) is 48.5 Å². The van der Waals surface area contributed by atoms with Gasteiger partial charge in [0.15, 0.2) is 0 Å². The van der Waals surface area contributed by atoms with E-state index in [4.69, 9.17) is 19.7 Å². The molecule has 2 N–H and O–H groups in total. The number of benzene rings is 3. The van der Waals surface area contributed by atoms with E-state index in [1.807, 2.05) is 24.3 Å². The van der Waals surface area contributed by atoms with Crippen molar-refractivity contribution in [2.24, 2.45) is 0 Å². The number of ether oxygens (including phenoxy) is 2. The van der Waals surface area contributed by atoms with Crippen LogP contribution in [0.5, 0.6) is 11.5 Å². The second kappa shape index (κ2) is 9.99. The molecular weight excluding hydrogens is 388 g/mol. The highest BCUT2D eigenvalue weighted by Crippen LogP contribution is 2.45. The Morgan fingerprint density at radius 3 is 1.42 bits per heavy atom. The molecule has 162 valence electrons. The van der Waals surface area contributed by atoms with Crippen LogP contribution in [0.1, 0.15) is 35.1 Å². The zero-order valence-corrected chi connectivity index (χ0v) is 17.8. The van der Waals surface area contributed by atoms with E-state index in [1.165, 1.54) is 22.3 Å². The molecule has 1 aliphatic rings. The van der Waals surface area contributed by atoms with Gasteiger partial charge >= 0.3 is 0 Å². The molecule has 4 heteroatoms. The van der Waals surface area contributed by atoms with E-state index in [1.54, 1.807) is 0 Å². The van der Waals surface area contributed by atoms with Gasteiger partial charge in [-0.05, 0) is 59.4 Å². The van der Waals surface area contributed by atoms with Crippen molar-refractivity contribution in [3.8, 4) is 11.5 Å². The van der Waals surface area contributed by atoms with Crippen molar-refractivity contribution in [2.45, 2.75) is 31.1 Å². The SMILES string of the molecule is OCCCOc1ccc(C2(c3ccc(OCCCO)cc3)Cc3ccccc3C2)cc1. The maximum absolute atomic E-state index is 8.96. The highest BCUT2D eigenvalue weighted by atomic mass is 16.5. The van der Waals surface area contributed by atoms with Gasteiger partial charge in [-0.25, -0.2) is 0 Å². The second-order valence-electron chi connectivity index (χ2n) is 8.10. The maximum atomic E-state index is 8.96. The van der Waals surface area contributed by atoms with Gasteiger partial charge in [-0.2, -0.15) is 0 Å². The Hall–Kier alpha value is -2.82. The summed E-state index contributed by atoms with van der Waals surface area (Å²) in [6.07, 6.45) is 3.18. The van der Waals surface area contributed by atoms with Gasteiger partial charge in [0.1, 0.15) is 11.5 Å². The summed E-state index contributed by atoms with van der Waals surface area (Å²) in [5, 5.41) is 17.9. The summed E-state index contributed by atoms with van der Waals surface area (Å²) in [5.74, 6) is 1.66. The molecule has 0 heterocycles. The highest BCUT2D eigenvalue weighted by molar-refractivity contribution is 5.51. The Bertz CT molecular complexity index is 883. The van der Waals surface area contributed by atoms with Crippen LogP contribution in [0.4, 0.5) is 0 Å². The van der Waals surface area contributed by atoms with Crippen LogP contribution in [0.25, 0.3) is 0 Å². The summed E-state index contributed by atoms with van der Waals surface area (Å²) >= 11 is 0.